The highest BCUT2D eigenvalue weighted by molar-refractivity contribution is 5.18. The van der Waals surface area contributed by atoms with Crippen molar-refractivity contribution in [3.8, 4) is 0 Å². The van der Waals surface area contributed by atoms with Crippen LogP contribution in [-0.4, -0.2) is 22.7 Å². The zero-order valence-corrected chi connectivity index (χ0v) is 10.6. The van der Waals surface area contributed by atoms with E-state index in [4.69, 9.17) is 0 Å². The van der Waals surface area contributed by atoms with Gasteiger partial charge in [-0.25, -0.2) is 0 Å². The highest BCUT2D eigenvalue weighted by Gasteiger charge is 2.30. The van der Waals surface area contributed by atoms with Gasteiger partial charge in [-0.2, -0.15) is 0 Å². The van der Waals surface area contributed by atoms with Crippen LogP contribution in [0.2, 0.25) is 0 Å². The molecule has 1 rings (SSSR count). The summed E-state index contributed by atoms with van der Waals surface area (Å²) < 4.78 is 0. The third-order valence-electron chi connectivity index (χ3n) is 2.80. The van der Waals surface area contributed by atoms with E-state index < -0.39 is 17.2 Å². The molecule has 0 aliphatic rings. The third-order valence-corrected chi connectivity index (χ3v) is 2.80. The van der Waals surface area contributed by atoms with Gasteiger partial charge in [0, 0.05) is 11.5 Å². The average molecular weight is 252 g/mol. The Balaban J connectivity index is 2.59. The van der Waals surface area contributed by atoms with Crippen molar-refractivity contribution < 1.29 is 10.0 Å². The summed E-state index contributed by atoms with van der Waals surface area (Å²) in [5.74, 6) is 0. The first-order valence-corrected chi connectivity index (χ1v) is 6.26. The highest BCUT2D eigenvalue weighted by atomic mass is 16.6. The topological polar surface area (TPSA) is 75.4 Å². The van der Waals surface area contributed by atoms with Gasteiger partial charge >= 0.3 is 0 Å². The van der Waals surface area contributed by atoms with Crippen molar-refractivity contribution in [1.82, 2.24) is 5.32 Å². The van der Waals surface area contributed by atoms with E-state index in [9.17, 15) is 15.2 Å². The summed E-state index contributed by atoms with van der Waals surface area (Å²) in [4.78, 5) is 10.5. The van der Waals surface area contributed by atoms with Crippen LogP contribution in [0.4, 0.5) is 0 Å². The maximum Gasteiger partial charge on any atom is 0.295 e. The Morgan fingerprint density at radius 3 is 2.56 bits per heavy atom. The van der Waals surface area contributed by atoms with Crippen LogP contribution < -0.4 is 5.32 Å². The van der Waals surface area contributed by atoms with Crippen molar-refractivity contribution >= 4 is 0 Å². The van der Waals surface area contributed by atoms with Gasteiger partial charge in [0.25, 0.3) is 6.17 Å². The zero-order valence-electron chi connectivity index (χ0n) is 10.6. The quantitative estimate of drug-likeness (QED) is 0.321. The Morgan fingerprint density at radius 1 is 1.33 bits per heavy atom. The van der Waals surface area contributed by atoms with E-state index in [1.807, 2.05) is 6.07 Å². The smallest absolute Gasteiger partial charge is 0.295 e. The van der Waals surface area contributed by atoms with E-state index in [0.717, 1.165) is 19.3 Å². The number of nitrogens with one attached hydrogen (secondary N) is 1. The number of nitrogens with zero attached hydrogens (tertiary/aromatic N) is 1. The van der Waals surface area contributed by atoms with E-state index >= 15 is 0 Å². The number of nitro groups is 1. The fraction of sp³-hybridized carbons (Fsp3) is 0.538. The largest absolute Gasteiger partial charge is 0.380 e. The molecule has 0 aliphatic carbocycles. The molecule has 0 aromatic heterocycles. The lowest BCUT2D eigenvalue weighted by Crippen LogP contribution is -2.42. The van der Waals surface area contributed by atoms with Crippen molar-refractivity contribution in [2.24, 2.45) is 0 Å². The van der Waals surface area contributed by atoms with Crippen molar-refractivity contribution in [1.29, 1.82) is 0 Å². The van der Waals surface area contributed by atoms with Gasteiger partial charge in [0.15, 0.2) is 6.10 Å². The molecule has 0 radical (unpaired) electrons. The molecule has 2 N–H and O–H groups in total. The molecule has 18 heavy (non-hydrogen) atoms. The Bertz CT molecular complexity index is 357. The molecule has 0 fully saturated rings. The summed E-state index contributed by atoms with van der Waals surface area (Å²) in [6, 6.07) is 8.70. The molecule has 1 aromatic rings. The SMILES string of the molecule is CCCCCNC(C(O)c1ccccc1)[N+](=O)[O-]. The third kappa shape index (κ3) is 4.43. The fourth-order valence-electron chi connectivity index (χ4n) is 1.76. The van der Waals surface area contributed by atoms with E-state index in [1.54, 1.807) is 24.3 Å². The molecule has 5 nitrogen and oxygen atoms in total. The normalized spacial score (nSPS) is 14.1. The van der Waals surface area contributed by atoms with Crippen molar-refractivity contribution in [3.63, 3.8) is 0 Å². The highest BCUT2D eigenvalue weighted by Crippen LogP contribution is 2.16. The van der Waals surface area contributed by atoms with Crippen LogP contribution in [-0.2, 0) is 0 Å². The average Bonchev–Trinajstić information content (AvgIpc) is 2.39. The fourth-order valence-corrected chi connectivity index (χ4v) is 1.76. The van der Waals surface area contributed by atoms with Crippen molar-refractivity contribution in [3.05, 3.63) is 46.0 Å². The molecule has 0 saturated carbocycles. The molecule has 0 spiro atoms. The molecule has 0 aliphatic heterocycles. The Hall–Kier alpha value is -1.46. The number of unbranched alkanes of at least 4 members (excludes halogenated alkanes) is 2. The van der Waals surface area contributed by atoms with Gasteiger partial charge in [0.2, 0.25) is 0 Å². The van der Waals surface area contributed by atoms with Crippen molar-refractivity contribution in [2.75, 3.05) is 6.54 Å². The lowest BCUT2D eigenvalue weighted by atomic mass is 10.1. The second kappa shape index (κ2) is 7.79. The maximum absolute atomic E-state index is 11.0. The summed E-state index contributed by atoms with van der Waals surface area (Å²) in [5, 5.41) is 23.8. The molecule has 100 valence electrons. The van der Waals surface area contributed by atoms with Gasteiger partial charge in [-0.3, -0.25) is 15.4 Å². The first-order chi connectivity index (χ1) is 8.66. The van der Waals surface area contributed by atoms with Crippen LogP contribution in [0.1, 0.15) is 37.9 Å². The zero-order chi connectivity index (χ0) is 13.4. The molecule has 2 unspecified atom stereocenters. The van der Waals surface area contributed by atoms with Crippen molar-refractivity contribution in [2.45, 2.75) is 38.5 Å². The van der Waals surface area contributed by atoms with E-state index in [1.165, 1.54) is 0 Å². The number of hydrogen-bond donors (Lipinski definition) is 2. The van der Waals surface area contributed by atoms with Crippen LogP contribution in [0.5, 0.6) is 0 Å². The number of aliphatic hydroxyl groups is 1. The minimum Gasteiger partial charge on any atom is -0.380 e. The van der Waals surface area contributed by atoms with E-state index in [-0.39, 0.29) is 0 Å². The lowest BCUT2D eigenvalue weighted by Gasteiger charge is -2.17. The summed E-state index contributed by atoms with van der Waals surface area (Å²) in [6.07, 6.45) is 0.694. The monoisotopic (exact) mass is 252 g/mol. The summed E-state index contributed by atoms with van der Waals surface area (Å²) in [7, 11) is 0. The summed E-state index contributed by atoms with van der Waals surface area (Å²) in [6.45, 7) is 2.62. The molecule has 1 aromatic carbocycles. The number of rotatable bonds is 8. The second-order valence-electron chi connectivity index (χ2n) is 4.25. The predicted molar refractivity (Wildman–Crippen MR) is 69.7 cm³/mol. The molecule has 0 bridgehead atoms. The number of aliphatic hydroxyl groups excluding tert-OH is 1. The summed E-state index contributed by atoms with van der Waals surface area (Å²) in [5.41, 5.74) is 0.558. The van der Waals surface area contributed by atoms with E-state index in [0.29, 0.717) is 12.1 Å². The van der Waals surface area contributed by atoms with Crippen LogP contribution in [0.15, 0.2) is 30.3 Å². The van der Waals surface area contributed by atoms with Gasteiger partial charge < -0.3 is 5.11 Å². The molecule has 0 amide bonds. The maximum atomic E-state index is 11.0. The van der Waals surface area contributed by atoms with Gasteiger partial charge in [0.05, 0.1) is 0 Å². The van der Waals surface area contributed by atoms with Crippen LogP contribution in [0.25, 0.3) is 0 Å². The van der Waals surface area contributed by atoms with Crippen LogP contribution >= 0.6 is 0 Å². The van der Waals surface area contributed by atoms with Gasteiger partial charge in [-0.1, -0.05) is 50.1 Å². The molecule has 5 heteroatoms. The first-order valence-electron chi connectivity index (χ1n) is 6.26. The van der Waals surface area contributed by atoms with Crippen LogP contribution in [0, 0.1) is 10.1 Å². The molecular formula is C13H20N2O3. The van der Waals surface area contributed by atoms with Gasteiger partial charge in [-0.05, 0) is 12.0 Å². The second-order valence-corrected chi connectivity index (χ2v) is 4.25. The van der Waals surface area contributed by atoms with Gasteiger partial charge in [0.1, 0.15) is 0 Å². The predicted octanol–water partition coefficient (Wildman–Crippen LogP) is 2.10. The molecule has 0 heterocycles. The molecule has 0 saturated heterocycles. The van der Waals surface area contributed by atoms with Gasteiger partial charge in [-0.15, -0.1) is 0 Å². The lowest BCUT2D eigenvalue weighted by molar-refractivity contribution is -0.542. The first kappa shape index (κ1) is 14.6. The minimum atomic E-state index is -1.15. The molecular weight excluding hydrogens is 232 g/mol. The van der Waals surface area contributed by atoms with E-state index in [2.05, 4.69) is 12.2 Å². The van der Waals surface area contributed by atoms with Crippen LogP contribution in [0.3, 0.4) is 0 Å². The number of benzene rings is 1. The summed E-state index contributed by atoms with van der Waals surface area (Å²) >= 11 is 0. The standard InChI is InChI=1S/C13H20N2O3/c1-2-3-7-10-14-13(15(17)18)12(16)11-8-5-4-6-9-11/h4-6,8-9,12-14,16H,2-3,7,10H2,1H3. The Morgan fingerprint density at radius 2 is 2.00 bits per heavy atom. The Labute approximate surface area is 107 Å². The number of hydrogen-bond acceptors (Lipinski definition) is 4. The minimum absolute atomic E-state index is 0.469. The molecule has 2 atom stereocenters. The Kier molecular flexibility index (Phi) is 6.32.